The molecule has 0 N–H and O–H groups in total. The molecule has 1 aliphatic rings. The molecule has 0 saturated carbocycles. The van der Waals surface area contributed by atoms with Crippen molar-refractivity contribution in [3.05, 3.63) is 12.8 Å². The van der Waals surface area contributed by atoms with Gasteiger partial charge in [0.2, 0.25) is 0 Å². The van der Waals surface area contributed by atoms with E-state index in [0.29, 0.717) is 5.41 Å². The minimum absolute atomic E-state index is 0.470. The molecule has 1 saturated heterocycles. The summed E-state index contributed by atoms with van der Waals surface area (Å²) in [6, 6.07) is 0. The summed E-state index contributed by atoms with van der Waals surface area (Å²) in [6.45, 7) is 13.2. The van der Waals surface area contributed by atoms with Crippen molar-refractivity contribution in [3.8, 4) is 0 Å². The largest absolute Gasteiger partial charge is 0.378 e. The number of nitrogens with zero attached hydrogens (tertiary/aromatic N) is 1. The molecule has 0 aromatic heterocycles. The predicted molar refractivity (Wildman–Crippen MR) is 49.3 cm³/mol. The molecule has 64 valence electrons. The molecule has 0 aromatic rings. The Balaban J connectivity index is 2.48. The van der Waals surface area contributed by atoms with Crippen molar-refractivity contribution >= 4 is 0 Å². The molecule has 0 spiro atoms. The highest BCUT2D eigenvalue weighted by Crippen LogP contribution is 2.33. The number of rotatable bonds is 1. The first kappa shape index (κ1) is 8.63. The third-order valence-electron chi connectivity index (χ3n) is 2.70. The van der Waals surface area contributed by atoms with Gasteiger partial charge in [-0.2, -0.15) is 0 Å². The summed E-state index contributed by atoms with van der Waals surface area (Å²) >= 11 is 0. The van der Waals surface area contributed by atoms with Crippen molar-refractivity contribution in [1.82, 2.24) is 4.90 Å². The summed E-state index contributed by atoms with van der Waals surface area (Å²) in [6.07, 6.45) is 3.29. The van der Waals surface area contributed by atoms with Gasteiger partial charge < -0.3 is 4.90 Å². The summed E-state index contributed by atoms with van der Waals surface area (Å²) in [7, 11) is 0. The van der Waals surface area contributed by atoms with Crippen LogP contribution >= 0.6 is 0 Å². The van der Waals surface area contributed by atoms with E-state index >= 15 is 0 Å². The van der Waals surface area contributed by atoms with E-state index in [-0.39, 0.29) is 0 Å². The van der Waals surface area contributed by atoms with Crippen LogP contribution in [0, 0.1) is 11.3 Å². The van der Waals surface area contributed by atoms with Crippen LogP contribution in [0.3, 0.4) is 0 Å². The van der Waals surface area contributed by atoms with Gasteiger partial charge in [-0.1, -0.05) is 27.4 Å². The molecule has 1 fully saturated rings. The van der Waals surface area contributed by atoms with Gasteiger partial charge in [-0.05, 0) is 24.0 Å². The van der Waals surface area contributed by atoms with E-state index in [1.165, 1.54) is 19.5 Å². The molecule has 1 nitrogen and oxygen atoms in total. The van der Waals surface area contributed by atoms with Gasteiger partial charge in [0.05, 0.1) is 0 Å². The van der Waals surface area contributed by atoms with E-state index in [9.17, 15) is 0 Å². The third-order valence-corrected chi connectivity index (χ3v) is 2.70. The van der Waals surface area contributed by atoms with Crippen molar-refractivity contribution in [2.45, 2.75) is 27.2 Å². The fourth-order valence-electron chi connectivity index (χ4n) is 1.66. The molecule has 1 rings (SSSR count). The SMILES string of the molecule is C=CN1CCC(C(C)(C)C)C1. The quantitative estimate of drug-likeness (QED) is 0.559. The maximum Gasteiger partial charge on any atom is 0.0206 e. The topological polar surface area (TPSA) is 3.24 Å². The minimum atomic E-state index is 0.470. The maximum absolute atomic E-state index is 3.79. The first-order valence-corrected chi connectivity index (χ1v) is 4.40. The van der Waals surface area contributed by atoms with Crippen molar-refractivity contribution in [2.24, 2.45) is 11.3 Å². The lowest BCUT2D eigenvalue weighted by atomic mass is 9.80. The summed E-state index contributed by atoms with van der Waals surface area (Å²) in [5, 5.41) is 0. The van der Waals surface area contributed by atoms with Gasteiger partial charge in [0.1, 0.15) is 0 Å². The van der Waals surface area contributed by atoms with E-state index in [4.69, 9.17) is 0 Å². The summed E-state index contributed by atoms with van der Waals surface area (Å²) in [4.78, 5) is 2.32. The zero-order chi connectivity index (χ0) is 8.48. The molecular formula is C10H19N. The Morgan fingerprint density at radius 1 is 1.45 bits per heavy atom. The van der Waals surface area contributed by atoms with Gasteiger partial charge in [0, 0.05) is 13.1 Å². The van der Waals surface area contributed by atoms with E-state index in [0.717, 1.165) is 5.92 Å². The number of hydrogen-bond donors (Lipinski definition) is 0. The van der Waals surface area contributed by atoms with Crippen LogP contribution in [-0.4, -0.2) is 18.0 Å². The molecule has 1 aliphatic heterocycles. The molecule has 1 atom stereocenters. The van der Waals surface area contributed by atoms with Crippen LogP contribution in [0.5, 0.6) is 0 Å². The Kier molecular flexibility index (Phi) is 2.26. The highest BCUT2D eigenvalue weighted by molar-refractivity contribution is 4.87. The number of hydrogen-bond acceptors (Lipinski definition) is 1. The van der Waals surface area contributed by atoms with Crippen LogP contribution < -0.4 is 0 Å². The van der Waals surface area contributed by atoms with E-state index in [1.54, 1.807) is 0 Å². The fraction of sp³-hybridized carbons (Fsp3) is 0.800. The Hall–Kier alpha value is -0.460. The first-order chi connectivity index (χ1) is 5.04. The zero-order valence-electron chi connectivity index (χ0n) is 7.93. The summed E-state index contributed by atoms with van der Waals surface area (Å²) < 4.78 is 0. The van der Waals surface area contributed by atoms with Crippen LogP contribution in [0.15, 0.2) is 12.8 Å². The summed E-state index contributed by atoms with van der Waals surface area (Å²) in [5.74, 6) is 0.848. The maximum atomic E-state index is 3.79. The molecule has 0 radical (unpaired) electrons. The van der Waals surface area contributed by atoms with Crippen molar-refractivity contribution < 1.29 is 0 Å². The first-order valence-electron chi connectivity index (χ1n) is 4.40. The minimum Gasteiger partial charge on any atom is -0.378 e. The fourth-order valence-corrected chi connectivity index (χ4v) is 1.66. The molecule has 0 aliphatic carbocycles. The Morgan fingerprint density at radius 3 is 2.36 bits per heavy atom. The third kappa shape index (κ3) is 1.98. The second-order valence-corrected chi connectivity index (χ2v) is 4.53. The molecule has 1 heterocycles. The van der Waals surface area contributed by atoms with E-state index < -0.39 is 0 Å². The van der Waals surface area contributed by atoms with Gasteiger partial charge in [0.15, 0.2) is 0 Å². The molecule has 11 heavy (non-hydrogen) atoms. The number of likely N-dealkylation sites (tertiary alicyclic amines) is 1. The van der Waals surface area contributed by atoms with Crippen LogP contribution in [0.1, 0.15) is 27.2 Å². The Labute approximate surface area is 70.1 Å². The predicted octanol–water partition coefficient (Wildman–Crippen LogP) is 2.50. The highest BCUT2D eigenvalue weighted by Gasteiger charge is 2.30. The molecule has 1 unspecified atom stereocenters. The molecular weight excluding hydrogens is 134 g/mol. The molecule has 0 amide bonds. The standard InChI is InChI=1S/C10H19N/c1-5-11-7-6-9(8-11)10(2,3)4/h5,9H,1,6-8H2,2-4H3. The smallest absolute Gasteiger partial charge is 0.0206 e. The molecule has 0 bridgehead atoms. The van der Waals surface area contributed by atoms with Gasteiger partial charge in [0.25, 0.3) is 0 Å². The summed E-state index contributed by atoms with van der Waals surface area (Å²) in [5.41, 5.74) is 0.470. The van der Waals surface area contributed by atoms with Gasteiger partial charge in [-0.25, -0.2) is 0 Å². The lowest BCUT2D eigenvalue weighted by molar-refractivity contribution is 0.247. The average Bonchev–Trinajstić information content (AvgIpc) is 2.32. The van der Waals surface area contributed by atoms with Gasteiger partial charge >= 0.3 is 0 Å². The zero-order valence-corrected chi connectivity index (χ0v) is 7.93. The van der Waals surface area contributed by atoms with E-state index in [2.05, 4.69) is 32.3 Å². The van der Waals surface area contributed by atoms with E-state index in [1.807, 2.05) is 6.20 Å². The lowest BCUT2D eigenvalue weighted by Gasteiger charge is -2.26. The van der Waals surface area contributed by atoms with Crippen molar-refractivity contribution in [2.75, 3.05) is 13.1 Å². The van der Waals surface area contributed by atoms with Gasteiger partial charge in [-0.3, -0.25) is 0 Å². The van der Waals surface area contributed by atoms with Crippen LogP contribution in [0.4, 0.5) is 0 Å². The van der Waals surface area contributed by atoms with Gasteiger partial charge in [-0.15, -0.1) is 0 Å². The Morgan fingerprint density at radius 2 is 2.09 bits per heavy atom. The van der Waals surface area contributed by atoms with Crippen LogP contribution in [0.25, 0.3) is 0 Å². The van der Waals surface area contributed by atoms with Crippen molar-refractivity contribution in [1.29, 1.82) is 0 Å². The average molecular weight is 153 g/mol. The van der Waals surface area contributed by atoms with Crippen LogP contribution in [0.2, 0.25) is 0 Å². The monoisotopic (exact) mass is 153 g/mol. The second-order valence-electron chi connectivity index (χ2n) is 4.53. The van der Waals surface area contributed by atoms with Crippen molar-refractivity contribution in [3.63, 3.8) is 0 Å². The Bertz CT molecular complexity index is 143. The lowest BCUT2D eigenvalue weighted by Crippen LogP contribution is -2.23. The molecule has 1 heteroatoms. The normalized spacial score (nSPS) is 25.7. The second kappa shape index (κ2) is 2.88. The van der Waals surface area contributed by atoms with Crippen LogP contribution in [-0.2, 0) is 0 Å². The molecule has 0 aromatic carbocycles. The highest BCUT2D eigenvalue weighted by atomic mass is 15.1.